The molecule has 0 spiro atoms. The Bertz CT molecular complexity index is 872. The SMILES string of the molecule is CC(C)(C)c1ccc2ncc(NC(=O)[C@@H](N)CCC(=O)N(CCN)CCN)cc2c1. The second kappa shape index (κ2) is 10.5. The first-order valence-corrected chi connectivity index (χ1v) is 10.3. The van der Waals surface area contributed by atoms with Gasteiger partial charge in [-0.3, -0.25) is 14.6 Å². The fraction of sp³-hybridized carbons (Fsp3) is 0.500. The first kappa shape index (κ1) is 23.7. The molecule has 0 bridgehead atoms. The van der Waals surface area contributed by atoms with Crippen LogP contribution in [-0.4, -0.2) is 53.9 Å². The highest BCUT2D eigenvalue weighted by molar-refractivity contribution is 5.96. The molecule has 164 valence electrons. The third-order valence-corrected chi connectivity index (χ3v) is 4.97. The fourth-order valence-electron chi connectivity index (χ4n) is 3.14. The lowest BCUT2D eigenvalue weighted by Gasteiger charge is -2.22. The molecular formula is C22H34N6O2. The summed E-state index contributed by atoms with van der Waals surface area (Å²) in [4.78, 5) is 30.8. The minimum atomic E-state index is -0.803. The Labute approximate surface area is 178 Å². The standard InChI is InChI=1S/C22H34N6O2/c1-22(2,3)16-4-6-19-15(12-16)13-17(14-26-19)27-21(30)18(25)5-7-20(29)28(10-8-23)11-9-24/h4,6,12-14,18H,5,7-11,23-25H2,1-3H3,(H,27,30)/t18-/m0/s1. The van der Waals surface area contributed by atoms with E-state index >= 15 is 0 Å². The molecule has 7 N–H and O–H groups in total. The number of hydrogen-bond acceptors (Lipinski definition) is 6. The Morgan fingerprint density at radius 1 is 1.13 bits per heavy atom. The molecule has 0 saturated heterocycles. The number of pyridine rings is 1. The third kappa shape index (κ3) is 6.48. The number of anilines is 1. The minimum Gasteiger partial charge on any atom is -0.340 e. The van der Waals surface area contributed by atoms with Crippen LogP contribution in [0.15, 0.2) is 30.5 Å². The molecule has 30 heavy (non-hydrogen) atoms. The van der Waals surface area contributed by atoms with Gasteiger partial charge in [0.1, 0.15) is 0 Å². The lowest BCUT2D eigenvalue weighted by atomic mass is 9.86. The zero-order chi connectivity index (χ0) is 22.3. The summed E-state index contributed by atoms with van der Waals surface area (Å²) in [6.45, 7) is 8.06. The molecule has 0 saturated carbocycles. The zero-order valence-corrected chi connectivity index (χ0v) is 18.1. The number of nitrogens with one attached hydrogen (secondary N) is 1. The molecule has 1 aromatic carbocycles. The van der Waals surface area contributed by atoms with Gasteiger partial charge in [0.15, 0.2) is 0 Å². The molecule has 2 aromatic rings. The maximum atomic E-state index is 12.5. The van der Waals surface area contributed by atoms with Crippen LogP contribution in [0.3, 0.4) is 0 Å². The van der Waals surface area contributed by atoms with Crippen molar-refractivity contribution in [1.29, 1.82) is 0 Å². The van der Waals surface area contributed by atoms with E-state index in [1.54, 1.807) is 11.1 Å². The zero-order valence-electron chi connectivity index (χ0n) is 18.1. The second-order valence-corrected chi connectivity index (χ2v) is 8.47. The molecular weight excluding hydrogens is 380 g/mol. The van der Waals surface area contributed by atoms with Gasteiger partial charge in [0.05, 0.1) is 23.4 Å². The molecule has 1 heterocycles. The minimum absolute atomic E-state index is 0.0179. The van der Waals surface area contributed by atoms with Crippen molar-refractivity contribution in [2.75, 3.05) is 31.5 Å². The molecule has 0 unspecified atom stereocenters. The maximum Gasteiger partial charge on any atom is 0.241 e. The summed E-state index contributed by atoms with van der Waals surface area (Å²) < 4.78 is 0. The number of hydrogen-bond donors (Lipinski definition) is 4. The van der Waals surface area contributed by atoms with Crippen LogP contribution in [0.4, 0.5) is 5.69 Å². The van der Waals surface area contributed by atoms with Crippen molar-refractivity contribution in [3.63, 3.8) is 0 Å². The van der Waals surface area contributed by atoms with E-state index in [9.17, 15) is 9.59 Å². The number of amides is 2. The van der Waals surface area contributed by atoms with Crippen LogP contribution in [-0.2, 0) is 15.0 Å². The summed E-state index contributed by atoms with van der Waals surface area (Å²) in [5.74, 6) is -0.448. The number of carbonyl (C=O) groups excluding carboxylic acids is 2. The number of nitrogens with zero attached hydrogens (tertiary/aromatic N) is 2. The van der Waals surface area contributed by atoms with Crippen LogP contribution in [0.25, 0.3) is 10.9 Å². The lowest BCUT2D eigenvalue weighted by molar-refractivity contribution is -0.131. The van der Waals surface area contributed by atoms with Crippen molar-refractivity contribution in [2.45, 2.75) is 45.1 Å². The van der Waals surface area contributed by atoms with E-state index in [1.165, 1.54) is 5.56 Å². The number of carbonyl (C=O) groups is 2. The highest BCUT2D eigenvalue weighted by atomic mass is 16.2. The van der Waals surface area contributed by atoms with Crippen LogP contribution in [0.5, 0.6) is 0 Å². The van der Waals surface area contributed by atoms with Gasteiger partial charge in [-0.25, -0.2) is 0 Å². The van der Waals surface area contributed by atoms with Crippen LogP contribution in [0, 0.1) is 0 Å². The van der Waals surface area contributed by atoms with Crippen molar-refractivity contribution >= 4 is 28.4 Å². The second-order valence-electron chi connectivity index (χ2n) is 8.47. The molecule has 8 nitrogen and oxygen atoms in total. The molecule has 1 aromatic heterocycles. The lowest BCUT2D eigenvalue weighted by Crippen LogP contribution is -2.41. The molecule has 0 aliphatic heterocycles. The van der Waals surface area contributed by atoms with Gasteiger partial charge in [0.2, 0.25) is 11.8 Å². The number of nitrogens with two attached hydrogens (primary N) is 3. The Balaban J connectivity index is 2.00. The van der Waals surface area contributed by atoms with Crippen molar-refractivity contribution < 1.29 is 9.59 Å². The number of rotatable bonds is 9. The van der Waals surface area contributed by atoms with E-state index in [0.29, 0.717) is 31.9 Å². The van der Waals surface area contributed by atoms with Crippen molar-refractivity contribution in [2.24, 2.45) is 17.2 Å². The molecule has 8 heteroatoms. The van der Waals surface area contributed by atoms with Crippen LogP contribution in [0.2, 0.25) is 0 Å². The van der Waals surface area contributed by atoms with E-state index in [4.69, 9.17) is 17.2 Å². The van der Waals surface area contributed by atoms with E-state index in [-0.39, 0.29) is 30.1 Å². The molecule has 0 radical (unpaired) electrons. The highest BCUT2D eigenvalue weighted by Gasteiger charge is 2.19. The maximum absolute atomic E-state index is 12.5. The van der Waals surface area contributed by atoms with Gasteiger partial charge in [0.25, 0.3) is 0 Å². The van der Waals surface area contributed by atoms with Gasteiger partial charge in [-0.2, -0.15) is 0 Å². The quantitative estimate of drug-likeness (QED) is 0.488. The summed E-state index contributed by atoms with van der Waals surface area (Å²) in [5.41, 5.74) is 19.7. The van der Waals surface area contributed by atoms with Gasteiger partial charge in [-0.05, 0) is 35.6 Å². The number of fused-ring (bicyclic) bond motifs is 1. The molecule has 1 atom stereocenters. The van der Waals surface area contributed by atoms with Crippen molar-refractivity contribution in [3.8, 4) is 0 Å². The van der Waals surface area contributed by atoms with Gasteiger partial charge in [0, 0.05) is 38.0 Å². The number of aromatic nitrogens is 1. The third-order valence-electron chi connectivity index (χ3n) is 4.97. The molecule has 2 rings (SSSR count). The van der Waals surface area contributed by atoms with E-state index in [0.717, 1.165) is 10.9 Å². The predicted octanol–water partition coefficient (Wildman–Crippen LogP) is 1.32. The summed E-state index contributed by atoms with van der Waals surface area (Å²) in [5, 5.41) is 3.75. The van der Waals surface area contributed by atoms with Gasteiger partial charge in [-0.15, -0.1) is 0 Å². The van der Waals surface area contributed by atoms with Crippen LogP contribution < -0.4 is 22.5 Å². The Morgan fingerprint density at radius 3 is 2.40 bits per heavy atom. The number of benzene rings is 1. The van der Waals surface area contributed by atoms with E-state index < -0.39 is 6.04 Å². The average Bonchev–Trinajstić information content (AvgIpc) is 2.70. The first-order chi connectivity index (χ1) is 14.2. The summed E-state index contributed by atoms with van der Waals surface area (Å²) >= 11 is 0. The normalized spacial score (nSPS) is 12.6. The van der Waals surface area contributed by atoms with Crippen molar-refractivity contribution in [3.05, 3.63) is 36.0 Å². The predicted molar refractivity (Wildman–Crippen MR) is 121 cm³/mol. The molecule has 0 fully saturated rings. The average molecular weight is 415 g/mol. The van der Waals surface area contributed by atoms with Crippen molar-refractivity contribution in [1.82, 2.24) is 9.88 Å². The van der Waals surface area contributed by atoms with Gasteiger partial charge in [-0.1, -0.05) is 26.8 Å². The monoisotopic (exact) mass is 414 g/mol. The summed E-state index contributed by atoms with van der Waals surface area (Å²) in [7, 11) is 0. The topological polar surface area (TPSA) is 140 Å². The Kier molecular flexibility index (Phi) is 8.28. The van der Waals surface area contributed by atoms with Crippen LogP contribution >= 0.6 is 0 Å². The highest BCUT2D eigenvalue weighted by Crippen LogP contribution is 2.26. The first-order valence-electron chi connectivity index (χ1n) is 10.3. The van der Waals surface area contributed by atoms with Crippen LogP contribution in [0.1, 0.15) is 39.2 Å². The summed E-state index contributed by atoms with van der Waals surface area (Å²) in [6.07, 6.45) is 2.02. The Hall–Kier alpha value is -2.55. The van der Waals surface area contributed by atoms with Gasteiger partial charge >= 0.3 is 0 Å². The molecule has 0 aliphatic carbocycles. The largest absolute Gasteiger partial charge is 0.340 e. The Morgan fingerprint density at radius 2 is 1.80 bits per heavy atom. The summed E-state index contributed by atoms with van der Waals surface area (Å²) in [6, 6.07) is 7.22. The van der Waals surface area contributed by atoms with Gasteiger partial charge < -0.3 is 27.4 Å². The molecule has 2 amide bonds. The van der Waals surface area contributed by atoms with E-state index in [2.05, 4.69) is 43.2 Å². The van der Waals surface area contributed by atoms with E-state index in [1.807, 2.05) is 12.1 Å². The smallest absolute Gasteiger partial charge is 0.241 e. The molecule has 0 aliphatic rings. The fourth-order valence-corrected chi connectivity index (χ4v) is 3.14.